The number of ether oxygens (including phenoxy) is 1. The van der Waals surface area contributed by atoms with E-state index in [4.69, 9.17) is 9.73 Å². The van der Waals surface area contributed by atoms with Gasteiger partial charge in [-0.2, -0.15) is 0 Å². The van der Waals surface area contributed by atoms with Gasteiger partial charge in [0.2, 0.25) is 0 Å². The van der Waals surface area contributed by atoms with Crippen LogP contribution in [0.2, 0.25) is 0 Å². The van der Waals surface area contributed by atoms with Gasteiger partial charge in [0.1, 0.15) is 5.75 Å². The van der Waals surface area contributed by atoms with Gasteiger partial charge < -0.3 is 9.64 Å². The fourth-order valence-electron chi connectivity index (χ4n) is 4.42. The van der Waals surface area contributed by atoms with E-state index >= 15 is 0 Å². The van der Waals surface area contributed by atoms with E-state index < -0.39 is 0 Å². The molecule has 2 heterocycles. The molecule has 2 fully saturated rings. The van der Waals surface area contributed by atoms with Crippen molar-refractivity contribution in [1.29, 1.82) is 0 Å². The van der Waals surface area contributed by atoms with Crippen molar-refractivity contribution in [2.75, 3.05) is 25.1 Å². The molecule has 3 aromatic carbocycles. The summed E-state index contributed by atoms with van der Waals surface area (Å²) in [7, 11) is 1.69. The van der Waals surface area contributed by atoms with Crippen LogP contribution in [0.3, 0.4) is 0 Å². The molecule has 0 unspecified atom stereocenters. The second-order valence-electron chi connectivity index (χ2n) is 8.69. The van der Waals surface area contributed by atoms with Crippen LogP contribution in [0.25, 0.3) is 6.08 Å². The number of para-hydroxylation sites is 1. The summed E-state index contributed by atoms with van der Waals surface area (Å²) in [5.74, 6) is 0.729. The molecule has 0 aromatic heterocycles. The summed E-state index contributed by atoms with van der Waals surface area (Å²) in [5.41, 5.74) is 3.95. The predicted octanol–water partition coefficient (Wildman–Crippen LogP) is 6.49. The summed E-state index contributed by atoms with van der Waals surface area (Å²) < 4.78 is 5.73. The van der Waals surface area contributed by atoms with Gasteiger partial charge in [0, 0.05) is 30.4 Å². The van der Waals surface area contributed by atoms with E-state index in [-0.39, 0.29) is 5.91 Å². The number of carbonyl (C=O) groups is 1. The number of piperidine rings is 1. The predicted molar refractivity (Wildman–Crippen MR) is 145 cm³/mol. The van der Waals surface area contributed by atoms with Crippen LogP contribution >= 0.6 is 11.8 Å². The van der Waals surface area contributed by atoms with E-state index in [1.807, 2.05) is 66.7 Å². The molecule has 6 heteroatoms. The summed E-state index contributed by atoms with van der Waals surface area (Å²) in [6.07, 6.45) is 5.67. The quantitative estimate of drug-likeness (QED) is 0.376. The molecule has 2 aliphatic heterocycles. The number of thioether (sulfide) groups is 1. The zero-order valence-electron chi connectivity index (χ0n) is 19.9. The van der Waals surface area contributed by atoms with Gasteiger partial charge >= 0.3 is 0 Å². The normalized spacial score (nSPS) is 18.5. The van der Waals surface area contributed by atoms with Crippen molar-refractivity contribution >= 4 is 40.3 Å². The second-order valence-corrected chi connectivity index (χ2v) is 9.70. The van der Waals surface area contributed by atoms with Crippen LogP contribution < -0.4 is 9.64 Å². The van der Waals surface area contributed by atoms with Gasteiger partial charge in [-0.15, -0.1) is 0 Å². The number of hydrogen-bond acceptors (Lipinski definition) is 5. The summed E-state index contributed by atoms with van der Waals surface area (Å²) in [5, 5.41) is 0.681. The van der Waals surface area contributed by atoms with Crippen molar-refractivity contribution in [1.82, 2.24) is 4.90 Å². The number of amidine groups is 1. The zero-order chi connectivity index (χ0) is 24.0. The Morgan fingerprint density at radius 3 is 2.37 bits per heavy atom. The molecule has 2 aliphatic rings. The Morgan fingerprint density at radius 2 is 1.66 bits per heavy atom. The minimum atomic E-state index is -0.0457. The van der Waals surface area contributed by atoms with Crippen LogP contribution in [0.4, 0.5) is 11.4 Å². The molecule has 0 radical (unpaired) electrons. The molecule has 0 bridgehead atoms. The van der Waals surface area contributed by atoms with Crippen molar-refractivity contribution in [3.63, 3.8) is 0 Å². The molecule has 5 rings (SSSR count). The average Bonchev–Trinajstić information content (AvgIpc) is 3.19. The zero-order valence-corrected chi connectivity index (χ0v) is 20.7. The van der Waals surface area contributed by atoms with Crippen LogP contribution in [0.1, 0.15) is 30.4 Å². The Labute approximate surface area is 211 Å². The van der Waals surface area contributed by atoms with E-state index in [1.54, 1.807) is 12.0 Å². The minimum Gasteiger partial charge on any atom is -0.496 e. The molecule has 5 nitrogen and oxygen atoms in total. The van der Waals surface area contributed by atoms with Crippen molar-refractivity contribution in [3.05, 3.63) is 94.9 Å². The highest BCUT2D eigenvalue weighted by molar-refractivity contribution is 8.18. The summed E-state index contributed by atoms with van der Waals surface area (Å²) in [6, 6.07) is 26.0. The highest BCUT2D eigenvalue weighted by Crippen LogP contribution is 2.37. The number of methoxy groups -OCH3 is 1. The third-order valence-corrected chi connectivity index (χ3v) is 7.28. The Hall–Kier alpha value is -3.51. The Balaban J connectivity index is 1.46. The fourth-order valence-corrected chi connectivity index (χ4v) is 5.41. The van der Waals surface area contributed by atoms with Gasteiger partial charge in [0.05, 0.1) is 24.2 Å². The third-order valence-electron chi connectivity index (χ3n) is 6.28. The Morgan fingerprint density at radius 1 is 0.943 bits per heavy atom. The molecule has 3 aromatic rings. The molecular weight excluding hydrogens is 454 g/mol. The largest absolute Gasteiger partial charge is 0.496 e. The van der Waals surface area contributed by atoms with Gasteiger partial charge in [-0.3, -0.25) is 9.69 Å². The maximum Gasteiger partial charge on any atom is 0.267 e. The number of benzene rings is 3. The smallest absolute Gasteiger partial charge is 0.267 e. The molecular formula is C29H29N3O2S. The van der Waals surface area contributed by atoms with E-state index in [0.29, 0.717) is 16.6 Å². The first-order chi connectivity index (χ1) is 17.2. The van der Waals surface area contributed by atoms with Crippen LogP contribution in [0.5, 0.6) is 5.75 Å². The highest BCUT2D eigenvalue weighted by Gasteiger charge is 2.33. The topological polar surface area (TPSA) is 45.1 Å². The minimum absolute atomic E-state index is 0.0457. The second kappa shape index (κ2) is 10.8. The van der Waals surface area contributed by atoms with Crippen LogP contribution in [0.15, 0.2) is 88.8 Å². The summed E-state index contributed by atoms with van der Waals surface area (Å²) in [4.78, 5) is 23.1. The number of nitrogens with zero attached hydrogens (tertiary/aromatic N) is 3. The lowest BCUT2D eigenvalue weighted by atomic mass is 10.1. The molecule has 0 N–H and O–H groups in total. The first-order valence-electron chi connectivity index (χ1n) is 12.0. The first-order valence-corrected chi connectivity index (χ1v) is 12.8. The van der Waals surface area contributed by atoms with Gasteiger partial charge in [-0.05, 0) is 66.9 Å². The monoisotopic (exact) mass is 483 g/mol. The number of hydrogen-bond donors (Lipinski definition) is 0. The number of rotatable bonds is 6. The molecule has 2 saturated heterocycles. The fraction of sp³-hybridized carbons (Fsp3) is 0.241. The van der Waals surface area contributed by atoms with E-state index in [1.165, 1.54) is 36.7 Å². The number of aliphatic imine (C=N–C) groups is 1. The van der Waals surface area contributed by atoms with Crippen LogP contribution in [0, 0.1) is 0 Å². The van der Waals surface area contributed by atoms with E-state index in [0.717, 1.165) is 35.7 Å². The standard InChI is InChI=1S/C29H29N3O2S/c1-34-26-20-25(31-17-9-4-10-18-31)16-15-23(26)19-27-28(33)32(21-22-11-5-2-6-12-22)29(35-27)30-24-13-7-3-8-14-24/h2-3,5-8,11-16,19-20H,4,9-10,17-18,21H2,1H3/b27-19-,30-29?. The van der Waals surface area contributed by atoms with Gasteiger partial charge in [0.15, 0.2) is 5.17 Å². The first kappa shape index (κ1) is 23.2. The third kappa shape index (κ3) is 5.43. The summed E-state index contributed by atoms with van der Waals surface area (Å²) >= 11 is 1.41. The highest BCUT2D eigenvalue weighted by atomic mass is 32.2. The lowest BCUT2D eigenvalue weighted by Gasteiger charge is -2.29. The molecule has 0 atom stereocenters. The van der Waals surface area contributed by atoms with Crippen molar-refractivity contribution < 1.29 is 9.53 Å². The molecule has 178 valence electrons. The average molecular weight is 484 g/mol. The Kier molecular flexibility index (Phi) is 7.19. The van der Waals surface area contributed by atoms with Gasteiger partial charge in [-0.1, -0.05) is 48.5 Å². The van der Waals surface area contributed by atoms with Gasteiger partial charge in [0.25, 0.3) is 5.91 Å². The number of anilines is 1. The van der Waals surface area contributed by atoms with Crippen molar-refractivity contribution in [2.45, 2.75) is 25.8 Å². The molecule has 0 saturated carbocycles. The van der Waals surface area contributed by atoms with Crippen molar-refractivity contribution in [3.8, 4) is 5.75 Å². The number of amides is 1. The SMILES string of the molecule is COc1cc(N2CCCCC2)ccc1/C=C1\SC(=Nc2ccccc2)N(Cc2ccccc2)C1=O. The van der Waals surface area contributed by atoms with Crippen LogP contribution in [-0.4, -0.2) is 36.2 Å². The molecule has 35 heavy (non-hydrogen) atoms. The van der Waals surface area contributed by atoms with Gasteiger partial charge in [-0.25, -0.2) is 4.99 Å². The maximum atomic E-state index is 13.5. The molecule has 0 spiro atoms. The van der Waals surface area contributed by atoms with E-state index in [9.17, 15) is 4.79 Å². The van der Waals surface area contributed by atoms with E-state index in [2.05, 4.69) is 23.1 Å². The Bertz CT molecular complexity index is 1240. The molecule has 0 aliphatic carbocycles. The summed E-state index contributed by atoms with van der Waals surface area (Å²) in [6.45, 7) is 2.62. The lowest BCUT2D eigenvalue weighted by molar-refractivity contribution is -0.122. The lowest BCUT2D eigenvalue weighted by Crippen LogP contribution is -2.29. The van der Waals surface area contributed by atoms with Crippen molar-refractivity contribution in [2.24, 2.45) is 4.99 Å². The molecule has 1 amide bonds. The number of carbonyl (C=O) groups excluding carboxylic acids is 1. The van der Waals surface area contributed by atoms with Crippen LogP contribution in [-0.2, 0) is 11.3 Å². The maximum absolute atomic E-state index is 13.5.